The highest BCUT2D eigenvalue weighted by Crippen LogP contribution is 2.18. The molecule has 0 atom stereocenters. The summed E-state index contributed by atoms with van der Waals surface area (Å²) in [6.07, 6.45) is 4.37. The Morgan fingerprint density at radius 2 is 1.61 bits per heavy atom. The molecule has 0 amide bonds. The van der Waals surface area contributed by atoms with Crippen LogP contribution in [-0.2, 0) is 20.0 Å². The van der Waals surface area contributed by atoms with E-state index in [1.807, 2.05) is 0 Å². The molecule has 0 spiro atoms. The monoisotopic (exact) mass is 298 g/mol. The van der Waals surface area contributed by atoms with Crippen molar-refractivity contribution in [2.24, 2.45) is 0 Å². The third-order valence-electron chi connectivity index (χ3n) is 2.87. The summed E-state index contributed by atoms with van der Waals surface area (Å²) in [6.45, 7) is 1.70. The fourth-order valence-corrected chi connectivity index (χ4v) is 4.49. The smallest absolute Gasteiger partial charge is 0.213 e. The molecule has 18 heavy (non-hydrogen) atoms. The molecule has 0 heterocycles. The average molecular weight is 298 g/mol. The van der Waals surface area contributed by atoms with Crippen LogP contribution in [-0.4, -0.2) is 40.9 Å². The largest absolute Gasteiger partial charge is 0.214 e. The Bertz CT molecular complexity index is 438. The average Bonchev–Trinajstić information content (AvgIpc) is 2.68. The molecule has 0 aliphatic heterocycles. The van der Waals surface area contributed by atoms with Gasteiger partial charge in [-0.15, -0.1) is 0 Å². The Labute approximate surface area is 110 Å². The van der Waals surface area contributed by atoms with Crippen LogP contribution in [0.1, 0.15) is 39.0 Å². The normalized spacial score (nSPS) is 18.3. The van der Waals surface area contributed by atoms with Gasteiger partial charge in [-0.1, -0.05) is 19.8 Å². The topological polar surface area (TPSA) is 92.3 Å². The lowest BCUT2D eigenvalue weighted by Gasteiger charge is -2.12. The number of rotatable bonds is 8. The highest BCUT2D eigenvalue weighted by molar-refractivity contribution is 7.90. The van der Waals surface area contributed by atoms with Crippen molar-refractivity contribution in [3.63, 3.8) is 0 Å². The first-order chi connectivity index (χ1) is 8.35. The first-order valence-corrected chi connectivity index (χ1v) is 9.62. The zero-order valence-electron chi connectivity index (χ0n) is 10.7. The van der Waals surface area contributed by atoms with Crippen LogP contribution >= 0.6 is 0 Å². The first kappa shape index (κ1) is 15.9. The van der Waals surface area contributed by atoms with E-state index < -0.39 is 20.0 Å². The van der Waals surface area contributed by atoms with Gasteiger partial charge in [0.05, 0.1) is 11.5 Å². The van der Waals surface area contributed by atoms with Gasteiger partial charge in [0.2, 0.25) is 20.0 Å². The van der Waals surface area contributed by atoms with E-state index in [2.05, 4.69) is 9.44 Å². The summed E-state index contributed by atoms with van der Waals surface area (Å²) in [5.41, 5.74) is 0. The van der Waals surface area contributed by atoms with Crippen molar-refractivity contribution in [2.75, 3.05) is 18.1 Å². The van der Waals surface area contributed by atoms with Crippen molar-refractivity contribution in [2.45, 2.75) is 45.1 Å². The van der Waals surface area contributed by atoms with Gasteiger partial charge < -0.3 is 0 Å². The molecule has 1 fully saturated rings. The van der Waals surface area contributed by atoms with E-state index in [0.717, 1.165) is 25.7 Å². The maximum Gasteiger partial charge on any atom is 0.213 e. The highest BCUT2D eigenvalue weighted by Gasteiger charge is 2.21. The first-order valence-electron chi connectivity index (χ1n) is 6.32. The Morgan fingerprint density at radius 3 is 2.17 bits per heavy atom. The molecule has 0 unspecified atom stereocenters. The second kappa shape index (κ2) is 6.83. The summed E-state index contributed by atoms with van der Waals surface area (Å²) >= 11 is 0. The third-order valence-corrected chi connectivity index (χ3v) is 5.89. The van der Waals surface area contributed by atoms with E-state index in [0.29, 0.717) is 6.42 Å². The van der Waals surface area contributed by atoms with Crippen LogP contribution in [0.15, 0.2) is 0 Å². The SMILES string of the molecule is CCCS(=O)(=O)NCCS(=O)(=O)NC1CCCC1. The van der Waals surface area contributed by atoms with Crippen LogP contribution in [0, 0.1) is 0 Å². The lowest BCUT2D eigenvalue weighted by Crippen LogP contribution is -2.39. The molecule has 6 nitrogen and oxygen atoms in total. The van der Waals surface area contributed by atoms with Gasteiger partial charge in [0.25, 0.3) is 0 Å². The van der Waals surface area contributed by atoms with Gasteiger partial charge in [0, 0.05) is 12.6 Å². The van der Waals surface area contributed by atoms with Gasteiger partial charge in [0.15, 0.2) is 0 Å². The molecule has 0 aromatic carbocycles. The quantitative estimate of drug-likeness (QED) is 0.668. The Balaban J connectivity index is 2.33. The summed E-state index contributed by atoms with van der Waals surface area (Å²) < 4.78 is 50.9. The lowest BCUT2D eigenvalue weighted by atomic mass is 10.3. The minimum atomic E-state index is -3.38. The van der Waals surface area contributed by atoms with Crippen LogP contribution in [0.2, 0.25) is 0 Å². The van der Waals surface area contributed by atoms with Gasteiger partial charge in [-0.3, -0.25) is 0 Å². The molecule has 0 aromatic heterocycles. The number of hydrogen-bond acceptors (Lipinski definition) is 4. The van der Waals surface area contributed by atoms with Crippen LogP contribution in [0.4, 0.5) is 0 Å². The summed E-state index contributed by atoms with van der Waals surface area (Å²) in [5, 5.41) is 0. The molecule has 0 aromatic rings. The Hall–Kier alpha value is -0.180. The minimum absolute atomic E-state index is 0.0299. The second-order valence-electron chi connectivity index (χ2n) is 4.63. The van der Waals surface area contributed by atoms with Crippen molar-refractivity contribution >= 4 is 20.0 Å². The Morgan fingerprint density at radius 1 is 1.00 bits per heavy atom. The second-order valence-corrected chi connectivity index (χ2v) is 8.43. The van der Waals surface area contributed by atoms with Crippen molar-refractivity contribution in [1.29, 1.82) is 0 Å². The van der Waals surface area contributed by atoms with Crippen LogP contribution in [0.5, 0.6) is 0 Å². The number of hydrogen-bond donors (Lipinski definition) is 2. The van der Waals surface area contributed by atoms with Crippen molar-refractivity contribution < 1.29 is 16.8 Å². The summed E-state index contributed by atoms with van der Waals surface area (Å²) in [7, 11) is -6.70. The molecule has 1 saturated carbocycles. The maximum absolute atomic E-state index is 11.7. The van der Waals surface area contributed by atoms with E-state index in [4.69, 9.17) is 0 Å². The highest BCUT2D eigenvalue weighted by atomic mass is 32.2. The van der Waals surface area contributed by atoms with E-state index in [1.54, 1.807) is 6.92 Å². The molecule has 0 radical (unpaired) electrons. The predicted octanol–water partition coefficient (Wildman–Crippen LogP) is 0.178. The van der Waals surface area contributed by atoms with Crippen LogP contribution < -0.4 is 9.44 Å². The van der Waals surface area contributed by atoms with E-state index >= 15 is 0 Å². The van der Waals surface area contributed by atoms with Crippen molar-refractivity contribution in [1.82, 2.24) is 9.44 Å². The fourth-order valence-electron chi connectivity index (χ4n) is 2.03. The molecule has 108 valence electrons. The molecule has 1 rings (SSSR count). The molecule has 2 N–H and O–H groups in total. The van der Waals surface area contributed by atoms with Gasteiger partial charge in [-0.2, -0.15) is 0 Å². The van der Waals surface area contributed by atoms with E-state index in [1.165, 1.54) is 0 Å². The van der Waals surface area contributed by atoms with Gasteiger partial charge in [-0.25, -0.2) is 26.3 Å². The summed E-state index contributed by atoms with van der Waals surface area (Å²) in [5.74, 6) is -0.171. The van der Waals surface area contributed by atoms with Crippen LogP contribution in [0.3, 0.4) is 0 Å². The van der Waals surface area contributed by atoms with Crippen molar-refractivity contribution in [3.05, 3.63) is 0 Å². The molecule has 1 aliphatic rings. The lowest BCUT2D eigenvalue weighted by molar-refractivity contribution is 0.550. The molecule has 8 heteroatoms. The zero-order valence-corrected chi connectivity index (χ0v) is 12.3. The van der Waals surface area contributed by atoms with E-state index in [-0.39, 0.29) is 24.1 Å². The fraction of sp³-hybridized carbons (Fsp3) is 1.00. The number of sulfonamides is 2. The maximum atomic E-state index is 11.7. The molecular weight excluding hydrogens is 276 g/mol. The standard InChI is InChI=1S/C10H22N2O4S2/c1-2-8-17(13,14)11-7-9-18(15,16)12-10-5-3-4-6-10/h10-12H,2-9H2,1H3. The van der Waals surface area contributed by atoms with Gasteiger partial charge in [0.1, 0.15) is 0 Å². The van der Waals surface area contributed by atoms with Gasteiger partial charge >= 0.3 is 0 Å². The summed E-state index contributed by atoms with van der Waals surface area (Å²) in [6, 6.07) is 0.0299. The number of nitrogens with one attached hydrogen (secondary N) is 2. The zero-order chi connectivity index (χ0) is 13.6. The van der Waals surface area contributed by atoms with Crippen LogP contribution in [0.25, 0.3) is 0 Å². The van der Waals surface area contributed by atoms with Crippen molar-refractivity contribution in [3.8, 4) is 0 Å². The summed E-state index contributed by atoms with van der Waals surface area (Å²) in [4.78, 5) is 0. The molecule has 0 saturated heterocycles. The molecule has 0 bridgehead atoms. The predicted molar refractivity (Wildman–Crippen MR) is 71.3 cm³/mol. The molecule has 1 aliphatic carbocycles. The molecular formula is C10H22N2O4S2. The van der Waals surface area contributed by atoms with E-state index in [9.17, 15) is 16.8 Å². The Kier molecular flexibility index (Phi) is 6.03. The van der Waals surface area contributed by atoms with Gasteiger partial charge in [-0.05, 0) is 19.3 Å². The minimum Gasteiger partial charge on any atom is -0.214 e. The third kappa shape index (κ3) is 6.12.